The van der Waals surface area contributed by atoms with Crippen molar-refractivity contribution in [3.8, 4) is 0 Å². The molecule has 3 aromatic rings. The Kier molecular flexibility index (Phi) is 3.54. The zero-order chi connectivity index (χ0) is 14.8. The van der Waals surface area contributed by atoms with E-state index in [1.807, 2.05) is 41.9 Å². The van der Waals surface area contributed by atoms with Crippen molar-refractivity contribution in [2.45, 2.75) is 12.5 Å². The van der Waals surface area contributed by atoms with Crippen molar-refractivity contribution in [3.63, 3.8) is 0 Å². The molecule has 3 rings (SSSR count). The summed E-state index contributed by atoms with van der Waals surface area (Å²) in [5.74, 6) is 0.413. The highest BCUT2D eigenvalue weighted by Gasteiger charge is 2.20. The van der Waals surface area contributed by atoms with Gasteiger partial charge in [-0.3, -0.25) is 4.79 Å². The maximum atomic E-state index is 12.2. The molecule has 21 heavy (non-hydrogen) atoms. The van der Waals surface area contributed by atoms with Crippen LogP contribution in [0.15, 0.2) is 54.6 Å². The summed E-state index contributed by atoms with van der Waals surface area (Å²) in [6.07, 6.45) is -0.993. The van der Waals surface area contributed by atoms with E-state index in [9.17, 15) is 9.90 Å². The summed E-state index contributed by atoms with van der Waals surface area (Å²) in [6.45, 7) is 0. The van der Waals surface area contributed by atoms with Gasteiger partial charge in [-0.1, -0.05) is 42.5 Å². The Labute approximate surface area is 122 Å². The first-order chi connectivity index (χ1) is 10.2. The molecule has 4 nitrogen and oxygen atoms in total. The number of aromatic nitrogens is 2. The number of carbonyl (C=O) groups excluding carboxylic acids is 1. The van der Waals surface area contributed by atoms with E-state index < -0.39 is 6.10 Å². The zero-order valence-corrected chi connectivity index (χ0v) is 11.7. The summed E-state index contributed by atoms with van der Waals surface area (Å²) in [7, 11) is 1.88. The summed E-state index contributed by atoms with van der Waals surface area (Å²) in [5.41, 5.74) is 2.45. The molecule has 2 aromatic carbocycles. The van der Waals surface area contributed by atoms with Crippen LogP contribution < -0.4 is 0 Å². The Morgan fingerprint density at radius 1 is 1.14 bits per heavy atom. The van der Waals surface area contributed by atoms with Gasteiger partial charge in [0, 0.05) is 7.05 Å². The van der Waals surface area contributed by atoms with Crippen LogP contribution in [0.1, 0.15) is 17.5 Å². The number of carbonyl (C=O) groups is 1. The number of hydrogen-bond donors (Lipinski definition) is 1. The van der Waals surface area contributed by atoms with Crippen molar-refractivity contribution >= 4 is 16.8 Å². The lowest BCUT2D eigenvalue weighted by Gasteiger charge is -2.09. The first-order valence-corrected chi connectivity index (χ1v) is 6.83. The SMILES string of the molecule is Cn1c(CC(=O)C(O)c2ccccc2)nc2ccccc21. The Morgan fingerprint density at radius 3 is 2.52 bits per heavy atom. The van der Waals surface area contributed by atoms with E-state index in [4.69, 9.17) is 0 Å². The fourth-order valence-electron chi connectivity index (χ4n) is 2.43. The molecule has 1 aromatic heterocycles. The molecule has 0 aliphatic heterocycles. The molecule has 0 fully saturated rings. The van der Waals surface area contributed by atoms with E-state index >= 15 is 0 Å². The van der Waals surface area contributed by atoms with Crippen LogP contribution in [-0.2, 0) is 18.3 Å². The lowest BCUT2D eigenvalue weighted by Crippen LogP contribution is -2.16. The number of Topliss-reactive ketones (excluding diaryl/α,β-unsaturated/α-hetero) is 1. The van der Waals surface area contributed by atoms with Gasteiger partial charge in [0.05, 0.1) is 17.5 Å². The summed E-state index contributed by atoms with van der Waals surface area (Å²) in [4.78, 5) is 16.7. The number of para-hydroxylation sites is 2. The Hall–Kier alpha value is -2.46. The number of benzene rings is 2. The predicted octanol–water partition coefficient (Wildman–Crippen LogP) is 2.42. The number of hydrogen-bond acceptors (Lipinski definition) is 3. The van der Waals surface area contributed by atoms with Gasteiger partial charge < -0.3 is 9.67 Å². The van der Waals surface area contributed by atoms with Crippen molar-refractivity contribution in [3.05, 3.63) is 66.0 Å². The minimum absolute atomic E-state index is 0.112. The number of fused-ring (bicyclic) bond motifs is 1. The van der Waals surface area contributed by atoms with E-state index in [0.717, 1.165) is 11.0 Å². The summed E-state index contributed by atoms with van der Waals surface area (Å²) in [6, 6.07) is 16.7. The van der Waals surface area contributed by atoms with Crippen molar-refractivity contribution in [2.75, 3.05) is 0 Å². The van der Waals surface area contributed by atoms with Gasteiger partial charge in [0.2, 0.25) is 0 Å². The fraction of sp³-hybridized carbons (Fsp3) is 0.176. The van der Waals surface area contributed by atoms with Gasteiger partial charge in [-0.15, -0.1) is 0 Å². The number of aliphatic hydroxyl groups excluding tert-OH is 1. The number of rotatable bonds is 4. The van der Waals surface area contributed by atoms with Crippen LogP contribution in [0.5, 0.6) is 0 Å². The molecule has 1 atom stereocenters. The second kappa shape index (κ2) is 5.50. The Balaban J connectivity index is 1.85. The maximum absolute atomic E-state index is 12.2. The molecule has 0 radical (unpaired) electrons. The van der Waals surface area contributed by atoms with Crippen LogP contribution in [0, 0.1) is 0 Å². The normalized spacial score (nSPS) is 12.5. The van der Waals surface area contributed by atoms with Crippen LogP contribution in [0.25, 0.3) is 11.0 Å². The molecular weight excluding hydrogens is 264 g/mol. The molecule has 0 aliphatic rings. The minimum atomic E-state index is -1.11. The average molecular weight is 280 g/mol. The van der Waals surface area contributed by atoms with Crippen LogP contribution in [0.2, 0.25) is 0 Å². The molecule has 0 aliphatic carbocycles. The third-order valence-electron chi connectivity index (χ3n) is 3.63. The summed E-state index contributed by atoms with van der Waals surface area (Å²) >= 11 is 0. The lowest BCUT2D eigenvalue weighted by atomic mass is 10.0. The molecule has 0 saturated heterocycles. The maximum Gasteiger partial charge on any atom is 0.173 e. The molecule has 0 amide bonds. The number of nitrogens with zero attached hydrogens (tertiary/aromatic N) is 2. The van der Waals surface area contributed by atoms with Gasteiger partial charge in [0.1, 0.15) is 11.9 Å². The summed E-state index contributed by atoms with van der Waals surface area (Å²) in [5, 5.41) is 10.1. The van der Waals surface area contributed by atoms with Crippen LogP contribution in [0.4, 0.5) is 0 Å². The fourth-order valence-corrected chi connectivity index (χ4v) is 2.43. The second-order valence-corrected chi connectivity index (χ2v) is 5.03. The van der Waals surface area contributed by atoms with Gasteiger partial charge >= 0.3 is 0 Å². The highest BCUT2D eigenvalue weighted by Crippen LogP contribution is 2.18. The average Bonchev–Trinajstić information content (AvgIpc) is 2.84. The molecular formula is C17H16N2O2. The minimum Gasteiger partial charge on any atom is -0.381 e. The molecule has 106 valence electrons. The number of aliphatic hydroxyl groups is 1. The Morgan fingerprint density at radius 2 is 1.81 bits per heavy atom. The van der Waals surface area contributed by atoms with Crippen molar-refractivity contribution in [1.82, 2.24) is 9.55 Å². The molecule has 0 bridgehead atoms. The lowest BCUT2D eigenvalue weighted by molar-refractivity contribution is -0.126. The number of imidazole rings is 1. The van der Waals surface area contributed by atoms with Crippen molar-refractivity contribution < 1.29 is 9.90 Å². The largest absolute Gasteiger partial charge is 0.381 e. The highest BCUT2D eigenvalue weighted by molar-refractivity contribution is 5.86. The first-order valence-electron chi connectivity index (χ1n) is 6.83. The van der Waals surface area contributed by atoms with Crippen molar-refractivity contribution in [2.24, 2.45) is 7.05 Å². The van der Waals surface area contributed by atoms with E-state index in [-0.39, 0.29) is 12.2 Å². The highest BCUT2D eigenvalue weighted by atomic mass is 16.3. The van der Waals surface area contributed by atoms with Crippen LogP contribution in [-0.4, -0.2) is 20.4 Å². The number of ketones is 1. The molecule has 1 heterocycles. The van der Waals surface area contributed by atoms with E-state index in [1.54, 1.807) is 24.3 Å². The van der Waals surface area contributed by atoms with Gasteiger partial charge in [-0.2, -0.15) is 0 Å². The predicted molar refractivity (Wildman–Crippen MR) is 80.8 cm³/mol. The van der Waals surface area contributed by atoms with E-state index in [2.05, 4.69) is 4.98 Å². The van der Waals surface area contributed by atoms with Gasteiger partial charge in [0.25, 0.3) is 0 Å². The third-order valence-corrected chi connectivity index (χ3v) is 3.63. The Bertz CT molecular complexity index is 778. The zero-order valence-electron chi connectivity index (χ0n) is 11.7. The van der Waals surface area contributed by atoms with Crippen molar-refractivity contribution in [1.29, 1.82) is 0 Å². The summed E-state index contributed by atoms with van der Waals surface area (Å²) < 4.78 is 1.89. The van der Waals surface area contributed by atoms with E-state index in [1.165, 1.54) is 0 Å². The standard InChI is InChI=1S/C17H16N2O2/c1-19-14-10-6-5-9-13(14)18-16(19)11-15(20)17(21)12-7-3-2-4-8-12/h2-10,17,21H,11H2,1H3. The third kappa shape index (κ3) is 2.58. The van der Waals surface area contributed by atoms with Crippen LogP contribution in [0.3, 0.4) is 0 Å². The molecule has 4 heteroatoms. The van der Waals surface area contributed by atoms with Gasteiger partial charge in [-0.25, -0.2) is 4.98 Å². The molecule has 1 unspecified atom stereocenters. The number of aryl methyl sites for hydroxylation is 1. The quantitative estimate of drug-likeness (QED) is 0.798. The monoisotopic (exact) mass is 280 g/mol. The smallest absolute Gasteiger partial charge is 0.173 e. The molecule has 0 saturated carbocycles. The molecule has 1 N–H and O–H groups in total. The topological polar surface area (TPSA) is 55.1 Å². The van der Waals surface area contributed by atoms with Crippen LogP contribution >= 0.6 is 0 Å². The van der Waals surface area contributed by atoms with Gasteiger partial charge in [0.15, 0.2) is 5.78 Å². The molecule has 0 spiro atoms. The van der Waals surface area contributed by atoms with E-state index in [0.29, 0.717) is 11.4 Å². The van der Waals surface area contributed by atoms with Gasteiger partial charge in [-0.05, 0) is 17.7 Å². The first kappa shape index (κ1) is 13.5. The second-order valence-electron chi connectivity index (χ2n) is 5.03.